The lowest BCUT2D eigenvalue weighted by molar-refractivity contribution is 0.0934. The number of ether oxygens (including phenoxy) is 1. The molecule has 5 heteroatoms. The van der Waals surface area contributed by atoms with Crippen molar-refractivity contribution in [1.82, 2.24) is 5.32 Å². The molecule has 1 unspecified atom stereocenters. The fourth-order valence-electron chi connectivity index (χ4n) is 1.43. The first kappa shape index (κ1) is 13.4. The van der Waals surface area contributed by atoms with Gasteiger partial charge in [-0.3, -0.25) is 4.79 Å². The maximum absolute atomic E-state index is 13.0. The summed E-state index contributed by atoms with van der Waals surface area (Å²) in [4.78, 5) is 11.7. The van der Waals surface area contributed by atoms with Crippen molar-refractivity contribution in [1.29, 1.82) is 0 Å². The lowest BCUT2D eigenvalue weighted by atomic mass is 10.1. The number of benzene rings is 1. The zero-order valence-electron chi connectivity index (χ0n) is 10.00. The molecule has 0 bridgehead atoms. The van der Waals surface area contributed by atoms with Gasteiger partial charge < -0.3 is 15.8 Å². The molecule has 0 aliphatic heterocycles. The van der Waals surface area contributed by atoms with Crippen LogP contribution in [0.2, 0.25) is 0 Å². The fraction of sp³-hybridized carbons (Fsp3) is 0.417. The van der Waals surface area contributed by atoms with Gasteiger partial charge in [0.15, 0.2) is 0 Å². The van der Waals surface area contributed by atoms with Crippen molar-refractivity contribution in [2.24, 2.45) is 5.92 Å². The molecule has 0 spiro atoms. The number of nitrogens with one attached hydrogen (secondary N) is 1. The highest BCUT2D eigenvalue weighted by molar-refractivity contribution is 5.99. The lowest BCUT2D eigenvalue weighted by Gasteiger charge is -2.12. The second kappa shape index (κ2) is 6.20. The third-order valence-corrected chi connectivity index (χ3v) is 2.32. The molecule has 0 fully saturated rings. The largest absolute Gasteiger partial charge is 0.398 e. The number of rotatable bonds is 5. The van der Waals surface area contributed by atoms with Crippen LogP contribution < -0.4 is 11.1 Å². The van der Waals surface area contributed by atoms with E-state index >= 15 is 0 Å². The summed E-state index contributed by atoms with van der Waals surface area (Å²) in [6.07, 6.45) is 0. The topological polar surface area (TPSA) is 64.3 Å². The van der Waals surface area contributed by atoms with Crippen molar-refractivity contribution in [3.63, 3.8) is 0 Å². The van der Waals surface area contributed by atoms with Gasteiger partial charge in [0.25, 0.3) is 5.91 Å². The molecule has 0 aliphatic carbocycles. The number of nitrogen functional groups attached to an aromatic ring is 1. The van der Waals surface area contributed by atoms with Crippen LogP contribution in [-0.2, 0) is 4.74 Å². The van der Waals surface area contributed by atoms with E-state index in [1.54, 1.807) is 7.11 Å². The molecule has 1 atom stereocenters. The van der Waals surface area contributed by atoms with E-state index in [0.717, 1.165) is 6.07 Å². The molecule has 3 N–H and O–H groups in total. The second-order valence-corrected chi connectivity index (χ2v) is 4.00. The van der Waals surface area contributed by atoms with Gasteiger partial charge in [0, 0.05) is 19.3 Å². The Morgan fingerprint density at radius 1 is 1.59 bits per heavy atom. The highest BCUT2D eigenvalue weighted by Gasteiger charge is 2.11. The number of nitrogens with two attached hydrogens (primary N) is 1. The number of carbonyl (C=O) groups is 1. The van der Waals surface area contributed by atoms with Crippen LogP contribution >= 0.6 is 0 Å². The SMILES string of the molecule is COCC(C)CNC(=O)c1cc(F)ccc1N. The Labute approximate surface area is 100.0 Å². The van der Waals surface area contributed by atoms with E-state index < -0.39 is 5.82 Å². The minimum absolute atomic E-state index is 0.162. The third-order valence-electron chi connectivity index (χ3n) is 2.32. The molecule has 0 aromatic heterocycles. The van der Waals surface area contributed by atoms with E-state index in [2.05, 4.69) is 5.32 Å². The summed E-state index contributed by atoms with van der Waals surface area (Å²) in [6, 6.07) is 3.73. The third kappa shape index (κ3) is 4.03. The number of hydrogen-bond acceptors (Lipinski definition) is 3. The van der Waals surface area contributed by atoms with Crippen LogP contribution in [0.4, 0.5) is 10.1 Å². The average molecular weight is 240 g/mol. The lowest BCUT2D eigenvalue weighted by Crippen LogP contribution is -2.30. The first-order valence-corrected chi connectivity index (χ1v) is 5.36. The number of amides is 1. The van der Waals surface area contributed by atoms with Gasteiger partial charge in [-0.1, -0.05) is 6.92 Å². The Bertz CT molecular complexity index is 396. The van der Waals surface area contributed by atoms with E-state index in [1.807, 2.05) is 6.92 Å². The quantitative estimate of drug-likeness (QED) is 0.765. The standard InChI is InChI=1S/C12H17FN2O2/c1-8(7-17-2)6-15-12(16)10-5-9(13)3-4-11(10)14/h3-5,8H,6-7,14H2,1-2H3,(H,15,16). The minimum Gasteiger partial charge on any atom is -0.398 e. The van der Waals surface area contributed by atoms with Crippen LogP contribution in [0.15, 0.2) is 18.2 Å². The molecule has 4 nitrogen and oxygen atoms in total. The van der Waals surface area contributed by atoms with Gasteiger partial charge in [-0.15, -0.1) is 0 Å². The Morgan fingerprint density at radius 3 is 2.94 bits per heavy atom. The van der Waals surface area contributed by atoms with Gasteiger partial charge in [-0.25, -0.2) is 4.39 Å². The Hall–Kier alpha value is -1.62. The smallest absolute Gasteiger partial charge is 0.253 e. The predicted molar refractivity (Wildman–Crippen MR) is 64.2 cm³/mol. The molecule has 0 aliphatic rings. The predicted octanol–water partition coefficient (Wildman–Crippen LogP) is 1.42. The number of anilines is 1. The molecule has 1 aromatic carbocycles. The molecule has 1 amide bonds. The summed E-state index contributed by atoms with van der Waals surface area (Å²) in [7, 11) is 1.60. The van der Waals surface area contributed by atoms with E-state index in [-0.39, 0.29) is 23.1 Å². The van der Waals surface area contributed by atoms with Crippen LogP contribution in [0.25, 0.3) is 0 Å². The van der Waals surface area contributed by atoms with Gasteiger partial charge >= 0.3 is 0 Å². The molecule has 0 saturated carbocycles. The molecule has 1 aromatic rings. The molecule has 94 valence electrons. The van der Waals surface area contributed by atoms with E-state index in [9.17, 15) is 9.18 Å². The minimum atomic E-state index is -0.478. The summed E-state index contributed by atoms with van der Waals surface area (Å²) in [5.41, 5.74) is 6.03. The van der Waals surface area contributed by atoms with Gasteiger partial charge in [0.1, 0.15) is 5.82 Å². The van der Waals surface area contributed by atoms with Crippen molar-refractivity contribution in [2.45, 2.75) is 6.92 Å². The molecule has 0 heterocycles. The Balaban J connectivity index is 2.61. The normalized spacial score (nSPS) is 12.2. The molecule has 17 heavy (non-hydrogen) atoms. The fourth-order valence-corrected chi connectivity index (χ4v) is 1.43. The molecular formula is C12H17FN2O2. The van der Waals surface area contributed by atoms with Crippen LogP contribution in [0, 0.1) is 11.7 Å². The van der Waals surface area contributed by atoms with Gasteiger partial charge in [0.2, 0.25) is 0 Å². The van der Waals surface area contributed by atoms with E-state index in [1.165, 1.54) is 12.1 Å². The Kier molecular flexibility index (Phi) is 4.90. The maximum atomic E-state index is 13.0. The van der Waals surface area contributed by atoms with Crippen LogP contribution in [0.5, 0.6) is 0 Å². The number of methoxy groups -OCH3 is 1. The van der Waals surface area contributed by atoms with E-state index in [4.69, 9.17) is 10.5 Å². The van der Waals surface area contributed by atoms with Crippen molar-refractivity contribution < 1.29 is 13.9 Å². The zero-order valence-corrected chi connectivity index (χ0v) is 10.00. The van der Waals surface area contributed by atoms with Crippen molar-refractivity contribution in [3.05, 3.63) is 29.6 Å². The number of hydrogen-bond donors (Lipinski definition) is 2. The number of halogens is 1. The average Bonchev–Trinajstić information content (AvgIpc) is 2.29. The Morgan fingerprint density at radius 2 is 2.29 bits per heavy atom. The van der Waals surface area contributed by atoms with Crippen LogP contribution in [-0.4, -0.2) is 26.2 Å². The summed E-state index contributed by atoms with van der Waals surface area (Å²) in [6.45, 7) is 2.96. The number of carbonyl (C=O) groups excluding carboxylic acids is 1. The highest BCUT2D eigenvalue weighted by Crippen LogP contribution is 2.13. The molecule has 1 rings (SSSR count). The molecular weight excluding hydrogens is 223 g/mol. The van der Waals surface area contributed by atoms with Gasteiger partial charge in [0.05, 0.1) is 12.2 Å². The van der Waals surface area contributed by atoms with E-state index in [0.29, 0.717) is 13.2 Å². The van der Waals surface area contributed by atoms with Crippen molar-refractivity contribution in [2.75, 3.05) is 26.0 Å². The summed E-state index contributed by atoms with van der Waals surface area (Å²) >= 11 is 0. The first-order chi connectivity index (χ1) is 8.04. The van der Waals surface area contributed by atoms with Gasteiger partial charge in [-0.05, 0) is 24.1 Å². The van der Waals surface area contributed by atoms with Crippen LogP contribution in [0.1, 0.15) is 17.3 Å². The van der Waals surface area contributed by atoms with Crippen molar-refractivity contribution in [3.8, 4) is 0 Å². The summed E-state index contributed by atoms with van der Waals surface area (Å²) in [5, 5.41) is 2.69. The summed E-state index contributed by atoms with van der Waals surface area (Å²) in [5.74, 6) is -0.655. The first-order valence-electron chi connectivity index (χ1n) is 5.36. The maximum Gasteiger partial charge on any atom is 0.253 e. The summed E-state index contributed by atoms with van der Waals surface area (Å²) < 4.78 is 17.9. The second-order valence-electron chi connectivity index (χ2n) is 4.00. The monoisotopic (exact) mass is 240 g/mol. The van der Waals surface area contributed by atoms with Crippen LogP contribution in [0.3, 0.4) is 0 Å². The highest BCUT2D eigenvalue weighted by atomic mass is 19.1. The van der Waals surface area contributed by atoms with Gasteiger partial charge in [-0.2, -0.15) is 0 Å². The molecule has 0 saturated heterocycles. The van der Waals surface area contributed by atoms with Crippen molar-refractivity contribution >= 4 is 11.6 Å². The zero-order chi connectivity index (χ0) is 12.8. The molecule has 0 radical (unpaired) electrons.